The summed E-state index contributed by atoms with van der Waals surface area (Å²) in [5.41, 5.74) is 1.96. The van der Waals surface area contributed by atoms with Gasteiger partial charge in [0.05, 0.1) is 12.2 Å². The van der Waals surface area contributed by atoms with Gasteiger partial charge >= 0.3 is 6.61 Å². The summed E-state index contributed by atoms with van der Waals surface area (Å²) < 4.78 is 30.5. The molecule has 134 valence electrons. The molecule has 1 fully saturated rings. The highest BCUT2D eigenvalue weighted by Crippen LogP contribution is 2.47. The maximum absolute atomic E-state index is 12.5. The van der Waals surface area contributed by atoms with E-state index in [2.05, 4.69) is 15.2 Å². The number of carbonyl (C=O) groups excluding carboxylic acids is 1. The molecule has 7 heteroatoms. The van der Waals surface area contributed by atoms with E-state index in [9.17, 15) is 13.6 Å². The van der Waals surface area contributed by atoms with E-state index >= 15 is 0 Å². The number of amides is 1. The van der Waals surface area contributed by atoms with Gasteiger partial charge in [-0.25, -0.2) is 0 Å². The Balaban J connectivity index is 1.59. The van der Waals surface area contributed by atoms with E-state index in [1.165, 1.54) is 12.1 Å². The van der Waals surface area contributed by atoms with E-state index in [0.717, 1.165) is 17.5 Å². The molecule has 5 nitrogen and oxygen atoms in total. The number of hydrogen-bond donors (Lipinski definition) is 1. The molecule has 3 rings (SSSR count). The van der Waals surface area contributed by atoms with E-state index in [1.807, 2.05) is 20.2 Å². The van der Waals surface area contributed by atoms with Gasteiger partial charge < -0.3 is 10.1 Å². The number of carbonyl (C=O) groups is 1. The number of hydrogen-bond acceptors (Lipinski definition) is 3. The molecule has 1 aromatic heterocycles. The second kappa shape index (κ2) is 7.21. The predicted molar refractivity (Wildman–Crippen MR) is 88.3 cm³/mol. The van der Waals surface area contributed by atoms with Gasteiger partial charge in [-0.15, -0.1) is 0 Å². The second-order valence-electron chi connectivity index (χ2n) is 6.31. The van der Waals surface area contributed by atoms with Crippen molar-refractivity contribution in [1.29, 1.82) is 0 Å². The monoisotopic (exact) mass is 349 g/mol. The fourth-order valence-corrected chi connectivity index (χ4v) is 3.07. The first-order valence-corrected chi connectivity index (χ1v) is 8.31. The minimum Gasteiger partial charge on any atom is -0.435 e. The summed E-state index contributed by atoms with van der Waals surface area (Å²) in [7, 11) is 1.86. The maximum atomic E-state index is 12.5. The first kappa shape index (κ1) is 17.4. The van der Waals surface area contributed by atoms with Crippen LogP contribution in [0, 0.1) is 5.92 Å². The summed E-state index contributed by atoms with van der Waals surface area (Å²) >= 11 is 0. The van der Waals surface area contributed by atoms with Crippen LogP contribution in [0.2, 0.25) is 0 Å². The lowest BCUT2D eigenvalue weighted by Gasteiger charge is -2.18. The van der Waals surface area contributed by atoms with Crippen LogP contribution in [-0.2, 0) is 11.8 Å². The molecule has 1 unspecified atom stereocenters. The van der Waals surface area contributed by atoms with Crippen LogP contribution < -0.4 is 10.1 Å². The number of halogens is 2. The van der Waals surface area contributed by atoms with Crippen LogP contribution in [0.1, 0.15) is 42.9 Å². The molecular formula is C18H21F2N3O2. The molecule has 1 aromatic carbocycles. The third-order valence-electron chi connectivity index (χ3n) is 4.51. The molecule has 2 aromatic rings. The van der Waals surface area contributed by atoms with Crippen molar-refractivity contribution in [3.63, 3.8) is 0 Å². The molecule has 1 aliphatic carbocycles. The smallest absolute Gasteiger partial charge is 0.387 e. The third kappa shape index (κ3) is 4.15. The molecular weight excluding hydrogens is 328 g/mol. The maximum Gasteiger partial charge on any atom is 0.387 e. The number of nitrogens with zero attached hydrogens (tertiary/aromatic N) is 2. The summed E-state index contributed by atoms with van der Waals surface area (Å²) in [4.78, 5) is 12.5. The van der Waals surface area contributed by atoms with E-state index in [0.29, 0.717) is 6.42 Å². The lowest BCUT2D eigenvalue weighted by atomic mass is 10.0. The lowest BCUT2D eigenvalue weighted by Crippen LogP contribution is -2.29. The normalized spacial score (nSPS) is 20.4. The molecule has 25 heavy (non-hydrogen) atoms. The number of ether oxygens (including phenoxy) is 1. The van der Waals surface area contributed by atoms with Crippen molar-refractivity contribution in [3.8, 4) is 5.75 Å². The quantitative estimate of drug-likeness (QED) is 0.834. The van der Waals surface area contributed by atoms with Crippen molar-refractivity contribution < 1.29 is 18.3 Å². The highest BCUT2D eigenvalue weighted by atomic mass is 19.3. The summed E-state index contributed by atoms with van der Waals surface area (Å²) in [6, 6.07) is 6.25. The standard InChI is InChI=1S/C18H21F2N3O2/c1-3-16(11-4-6-13(7-5-11)25-18(19)20)22-17(24)15-8-14(15)12-9-21-23(2)10-12/h4-7,9-10,14-16,18H,3,8H2,1-2H3,(H,22,24)/t14-,15+,16?/m0/s1. The zero-order valence-corrected chi connectivity index (χ0v) is 14.2. The van der Waals surface area contributed by atoms with Crippen molar-refractivity contribution >= 4 is 5.91 Å². The first-order chi connectivity index (χ1) is 12.0. The van der Waals surface area contributed by atoms with E-state index < -0.39 is 6.61 Å². The Morgan fingerprint density at radius 2 is 2.12 bits per heavy atom. The summed E-state index contributed by atoms with van der Waals surface area (Å²) in [6.07, 6.45) is 5.29. The van der Waals surface area contributed by atoms with Gasteiger partial charge in [-0.3, -0.25) is 9.48 Å². The van der Waals surface area contributed by atoms with Gasteiger partial charge in [-0.2, -0.15) is 13.9 Å². The average Bonchev–Trinajstić information content (AvgIpc) is 3.27. The molecule has 1 saturated carbocycles. The molecule has 1 N–H and O–H groups in total. The van der Waals surface area contributed by atoms with Gasteiger partial charge in [-0.1, -0.05) is 19.1 Å². The number of benzene rings is 1. The van der Waals surface area contributed by atoms with Crippen molar-refractivity contribution in [2.24, 2.45) is 13.0 Å². The van der Waals surface area contributed by atoms with Crippen LogP contribution in [0.25, 0.3) is 0 Å². The Kier molecular flexibility index (Phi) is 5.01. The van der Waals surface area contributed by atoms with Crippen LogP contribution in [0.5, 0.6) is 5.75 Å². The second-order valence-corrected chi connectivity index (χ2v) is 6.31. The molecule has 0 aliphatic heterocycles. The van der Waals surface area contributed by atoms with Crippen molar-refractivity contribution in [2.45, 2.75) is 38.3 Å². The number of alkyl halides is 2. The molecule has 0 spiro atoms. The average molecular weight is 349 g/mol. The highest BCUT2D eigenvalue weighted by molar-refractivity contribution is 5.83. The minimum absolute atomic E-state index is 0.0219. The van der Waals surface area contributed by atoms with Crippen LogP contribution >= 0.6 is 0 Å². The molecule has 0 bridgehead atoms. The Labute approximate surface area is 145 Å². The lowest BCUT2D eigenvalue weighted by molar-refractivity contribution is -0.123. The number of aromatic nitrogens is 2. The summed E-state index contributed by atoms with van der Waals surface area (Å²) in [5.74, 6) is 0.333. The molecule has 0 radical (unpaired) electrons. The SMILES string of the molecule is CCC(NC(=O)[C@@H]1C[C@H]1c1cnn(C)c1)c1ccc(OC(F)F)cc1. The molecule has 1 amide bonds. The fourth-order valence-electron chi connectivity index (χ4n) is 3.07. The van der Waals surface area contributed by atoms with Crippen LogP contribution in [0.3, 0.4) is 0 Å². The number of rotatable bonds is 7. The summed E-state index contributed by atoms with van der Waals surface area (Å²) in [6.45, 7) is -0.869. The highest BCUT2D eigenvalue weighted by Gasteiger charge is 2.45. The number of aryl methyl sites for hydroxylation is 1. The first-order valence-electron chi connectivity index (χ1n) is 8.31. The van der Waals surface area contributed by atoms with Gasteiger partial charge in [0, 0.05) is 19.2 Å². The Morgan fingerprint density at radius 1 is 1.40 bits per heavy atom. The molecule has 3 atom stereocenters. The Morgan fingerprint density at radius 3 is 2.68 bits per heavy atom. The topological polar surface area (TPSA) is 56.2 Å². The zero-order valence-electron chi connectivity index (χ0n) is 14.2. The predicted octanol–water partition coefficient (Wildman–Crippen LogP) is 3.39. The molecule has 1 aliphatic rings. The van der Waals surface area contributed by atoms with Crippen LogP contribution in [0.4, 0.5) is 8.78 Å². The summed E-state index contributed by atoms with van der Waals surface area (Å²) in [5, 5.41) is 7.20. The Hall–Kier alpha value is -2.44. The van der Waals surface area contributed by atoms with E-state index in [4.69, 9.17) is 0 Å². The largest absolute Gasteiger partial charge is 0.435 e. The van der Waals surface area contributed by atoms with Gasteiger partial charge in [0.1, 0.15) is 5.75 Å². The van der Waals surface area contributed by atoms with Crippen molar-refractivity contribution in [1.82, 2.24) is 15.1 Å². The van der Waals surface area contributed by atoms with Crippen molar-refractivity contribution in [2.75, 3.05) is 0 Å². The van der Waals surface area contributed by atoms with Gasteiger partial charge in [0.15, 0.2) is 0 Å². The Bertz CT molecular complexity index is 730. The molecule has 0 saturated heterocycles. The van der Waals surface area contributed by atoms with Gasteiger partial charge in [0.25, 0.3) is 0 Å². The number of nitrogens with one attached hydrogen (secondary N) is 1. The van der Waals surface area contributed by atoms with Crippen LogP contribution in [-0.4, -0.2) is 22.3 Å². The zero-order chi connectivity index (χ0) is 18.0. The van der Waals surface area contributed by atoms with E-state index in [-0.39, 0.29) is 29.5 Å². The fraction of sp³-hybridized carbons (Fsp3) is 0.444. The van der Waals surface area contributed by atoms with Crippen LogP contribution in [0.15, 0.2) is 36.7 Å². The van der Waals surface area contributed by atoms with Gasteiger partial charge in [0.2, 0.25) is 5.91 Å². The van der Waals surface area contributed by atoms with E-state index in [1.54, 1.807) is 23.0 Å². The molecule has 1 heterocycles. The van der Waals surface area contributed by atoms with Crippen molar-refractivity contribution in [3.05, 3.63) is 47.8 Å². The minimum atomic E-state index is -2.84. The third-order valence-corrected chi connectivity index (χ3v) is 4.51. The van der Waals surface area contributed by atoms with Gasteiger partial charge in [-0.05, 0) is 42.0 Å².